The van der Waals surface area contributed by atoms with Crippen molar-refractivity contribution in [1.82, 2.24) is 45.4 Å². The highest BCUT2D eigenvalue weighted by atomic mass is 35.5. The first kappa shape index (κ1) is 29.1. The number of carbonyl (C=O) groups is 3. The fourth-order valence-corrected chi connectivity index (χ4v) is 4.01. The lowest BCUT2D eigenvalue weighted by molar-refractivity contribution is 0.0767. The molecule has 0 spiro atoms. The van der Waals surface area contributed by atoms with Crippen LogP contribution >= 0.6 is 11.6 Å². The molecule has 0 aliphatic carbocycles. The Morgan fingerprint density at radius 2 is 1.95 bits per heavy atom. The largest absolute Gasteiger partial charge is 0.452 e. The van der Waals surface area contributed by atoms with Gasteiger partial charge >= 0.3 is 12.5 Å². The lowest BCUT2D eigenvalue weighted by atomic mass is 9.90. The molecule has 0 bridgehead atoms. The fourth-order valence-electron chi connectivity index (χ4n) is 3.80. The van der Waals surface area contributed by atoms with Crippen LogP contribution in [0.15, 0.2) is 36.5 Å². The molecule has 1 aromatic carbocycles. The van der Waals surface area contributed by atoms with Crippen LogP contribution in [0.5, 0.6) is 0 Å². The molecule has 212 valence electrons. The number of amides is 3. The second kappa shape index (κ2) is 12.1. The molecular formula is C23H22BClF2N10O4. The van der Waals surface area contributed by atoms with Crippen molar-refractivity contribution in [3.05, 3.63) is 69.9 Å². The number of methoxy groups -OCH3 is 1. The number of carbonyl (C=O) groups excluding carboxylic acids is 3. The van der Waals surface area contributed by atoms with Crippen LogP contribution in [0.3, 0.4) is 0 Å². The molecular weight excluding hydrogens is 565 g/mol. The number of halogens is 3. The number of rotatable bonds is 7. The van der Waals surface area contributed by atoms with Crippen LogP contribution in [0.1, 0.15) is 44.4 Å². The van der Waals surface area contributed by atoms with Gasteiger partial charge in [0.2, 0.25) is 5.82 Å². The predicted octanol–water partition coefficient (Wildman–Crippen LogP) is 1.06. The van der Waals surface area contributed by atoms with Gasteiger partial charge in [0, 0.05) is 13.2 Å². The number of pyridine rings is 1. The van der Waals surface area contributed by atoms with Crippen molar-refractivity contribution in [2.24, 2.45) is 0 Å². The zero-order valence-electron chi connectivity index (χ0n) is 22.1. The minimum absolute atomic E-state index is 0.0483. The second-order valence-corrected chi connectivity index (χ2v) is 9.06. The number of alkyl halides is 2. The highest BCUT2D eigenvalue weighted by Crippen LogP contribution is 2.24. The second-order valence-electron chi connectivity index (χ2n) is 8.65. The molecule has 41 heavy (non-hydrogen) atoms. The molecule has 18 heteroatoms. The van der Waals surface area contributed by atoms with Crippen molar-refractivity contribution >= 4 is 48.5 Å². The summed E-state index contributed by atoms with van der Waals surface area (Å²) in [6.07, 6.45) is -2.27. The number of benzene rings is 1. The summed E-state index contributed by atoms with van der Waals surface area (Å²) in [6, 6.07) is 7.81. The summed E-state index contributed by atoms with van der Waals surface area (Å²) < 4.78 is 31.6. The first-order chi connectivity index (χ1) is 19.5. The number of nitrogens with zero attached hydrogens (tertiary/aromatic N) is 8. The summed E-state index contributed by atoms with van der Waals surface area (Å²) in [5.41, 5.74) is 4.05. The molecule has 0 saturated carbocycles. The quantitative estimate of drug-likeness (QED) is 0.238. The Hall–Kier alpha value is -4.93. The number of hydrogen-bond acceptors (Lipinski definition) is 9. The standard InChI is InChI=1S/C23H22BClF2N10O4/c1-11-7-12(24)8-14(21(38)33-35(2)23(40)41-3)17(11)29-22(39)16-9-13(10-36-32-19(18(26)27)30-34-36)31-37(16)20-15(25)5-4-6-28-20/h4-9,18H,10,24H2,1-3H3,(H,29,39)(H,33,38). The maximum Gasteiger partial charge on any atom is 0.428 e. The van der Waals surface area contributed by atoms with E-state index in [1.807, 2.05) is 0 Å². The van der Waals surface area contributed by atoms with E-state index in [0.29, 0.717) is 5.56 Å². The van der Waals surface area contributed by atoms with E-state index in [1.165, 1.54) is 24.0 Å². The molecule has 4 rings (SSSR count). The fraction of sp³-hybridized carbons (Fsp3) is 0.217. The number of aryl methyl sites for hydroxylation is 1. The Balaban J connectivity index is 1.71. The Labute approximate surface area is 237 Å². The van der Waals surface area contributed by atoms with Crippen LogP contribution in [0, 0.1) is 6.92 Å². The van der Waals surface area contributed by atoms with Crippen LogP contribution < -0.4 is 16.2 Å². The number of hydrogen-bond donors (Lipinski definition) is 2. The summed E-state index contributed by atoms with van der Waals surface area (Å²) in [6.45, 7) is 1.49. The van der Waals surface area contributed by atoms with Gasteiger partial charge in [0.1, 0.15) is 20.1 Å². The molecule has 2 N–H and O–H groups in total. The predicted molar refractivity (Wildman–Crippen MR) is 143 cm³/mol. The topological polar surface area (TPSA) is 162 Å². The maximum absolute atomic E-state index is 13.7. The number of tetrazole rings is 1. The third kappa shape index (κ3) is 6.46. The van der Waals surface area contributed by atoms with E-state index in [4.69, 9.17) is 11.6 Å². The van der Waals surface area contributed by atoms with Crippen LogP contribution in [-0.2, 0) is 11.3 Å². The van der Waals surface area contributed by atoms with Gasteiger partial charge in [-0.1, -0.05) is 29.2 Å². The SMILES string of the molecule is Bc1cc(C)c(NC(=O)c2cc(Cn3nnc(C(F)F)n3)nn2-c2ncccc2Cl)c(C(=O)NN(C)C(=O)OC)c1. The highest BCUT2D eigenvalue weighted by Gasteiger charge is 2.24. The van der Waals surface area contributed by atoms with E-state index < -0.39 is 30.2 Å². The van der Waals surface area contributed by atoms with E-state index in [-0.39, 0.29) is 40.0 Å². The van der Waals surface area contributed by atoms with E-state index in [1.54, 1.807) is 39.0 Å². The number of nitrogens with one attached hydrogen (secondary N) is 2. The molecule has 0 aliphatic rings. The van der Waals surface area contributed by atoms with Crippen LogP contribution in [0.4, 0.5) is 19.3 Å². The van der Waals surface area contributed by atoms with E-state index >= 15 is 0 Å². The third-order valence-electron chi connectivity index (χ3n) is 5.58. The molecule has 0 atom stereocenters. The van der Waals surface area contributed by atoms with Crippen molar-refractivity contribution in [1.29, 1.82) is 0 Å². The van der Waals surface area contributed by atoms with Crippen molar-refractivity contribution in [3.63, 3.8) is 0 Å². The molecule has 0 fully saturated rings. The zero-order valence-corrected chi connectivity index (χ0v) is 22.8. The van der Waals surface area contributed by atoms with Crippen LogP contribution in [0.2, 0.25) is 5.02 Å². The molecule has 0 saturated heterocycles. The van der Waals surface area contributed by atoms with E-state index in [0.717, 1.165) is 22.4 Å². The van der Waals surface area contributed by atoms with Gasteiger partial charge in [0.05, 0.1) is 29.1 Å². The molecule has 0 aliphatic heterocycles. The van der Waals surface area contributed by atoms with Gasteiger partial charge in [-0.25, -0.2) is 28.3 Å². The Kier molecular flexibility index (Phi) is 8.56. The monoisotopic (exact) mass is 586 g/mol. The minimum atomic E-state index is -2.91. The third-order valence-corrected chi connectivity index (χ3v) is 5.87. The number of aromatic nitrogens is 7. The molecule has 14 nitrogen and oxygen atoms in total. The van der Waals surface area contributed by atoms with Gasteiger partial charge < -0.3 is 10.1 Å². The summed E-state index contributed by atoms with van der Waals surface area (Å²) in [7, 11) is 4.23. The van der Waals surface area contributed by atoms with Gasteiger partial charge in [-0.2, -0.15) is 9.90 Å². The van der Waals surface area contributed by atoms with Crippen molar-refractivity contribution < 1.29 is 27.9 Å². The van der Waals surface area contributed by atoms with Crippen molar-refractivity contribution in [3.8, 4) is 5.82 Å². The lowest BCUT2D eigenvalue weighted by Gasteiger charge is -2.19. The molecule has 0 radical (unpaired) electrons. The molecule has 3 aromatic heterocycles. The molecule has 3 heterocycles. The van der Waals surface area contributed by atoms with Crippen LogP contribution in [-0.4, -0.2) is 79.9 Å². The normalized spacial score (nSPS) is 10.9. The van der Waals surface area contributed by atoms with E-state index in [2.05, 4.69) is 41.0 Å². The first-order valence-corrected chi connectivity index (χ1v) is 12.2. The average Bonchev–Trinajstić information content (AvgIpc) is 3.57. The summed E-state index contributed by atoms with van der Waals surface area (Å²) in [5, 5.41) is 18.6. The maximum atomic E-state index is 13.7. The van der Waals surface area contributed by atoms with Gasteiger partial charge in [-0.05, 0) is 35.9 Å². The molecule has 3 amide bonds. The zero-order chi connectivity index (χ0) is 29.8. The van der Waals surface area contributed by atoms with Gasteiger partial charge in [0.25, 0.3) is 11.8 Å². The number of hydrazine groups is 1. The van der Waals surface area contributed by atoms with Crippen molar-refractivity contribution in [2.75, 3.05) is 19.5 Å². The first-order valence-electron chi connectivity index (χ1n) is 11.8. The molecule has 0 unspecified atom stereocenters. The summed E-state index contributed by atoms with van der Waals surface area (Å²) in [4.78, 5) is 43.6. The van der Waals surface area contributed by atoms with Gasteiger partial charge in [-0.3, -0.25) is 15.0 Å². The lowest BCUT2D eigenvalue weighted by Crippen LogP contribution is -2.43. The Morgan fingerprint density at radius 1 is 1.20 bits per heavy atom. The summed E-state index contributed by atoms with van der Waals surface area (Å²) >= 11 is 6.32. The van der Waals surface area contributed by atoms with Gasteiger partial charge in [-0.15, -0.1) is 10.2 Å². The van der Waals surface area contributed by atoms with Crippen molar-refractivity contribution in [2.45, 2.75) is 19.9 Å². The number of anilines is 1. The smallest absolute Gasteiger partial charge is 0.428 e. The Bertz CT molecular complexity index is 1630. The minimum Gasteiger partial charge on any atom is -0.452 e. The Morgan fingerprint density at radius 3 is 2.61 bits per heavy atom. The molecule has 4 aromatic rings. The average molecular weight is 587 g/mol. The summed E-state index contributed by atoms with van der Waals surface area (Å²) in [5.74, 6) is -2.03. The number of ether oxygens (including phenoxy) is 1. The van der Waals surface area contributed by atoms with E-state index in [9.17, 15) is 23.2 Å². The van der Waals surface area contributed by atoms with Gasteiger partial charge in [0.15, 0.2) is 5.82 Å². The highest BCUT2D eigenvalue weighted by molar-refractivity contribution is 6.33. The van der Waals surface area contributed by atoms with Crippen LogP contribution in [0.25, 0.3) is 5.82 Å².